The third-order valence-electron chi connectivity index (χ3n) is 4.30. The molecule has 124 valence electrons. The third-order valence-corrected chi connectivity index (χ3v) is 5.98. The number of para-hydroxylation sites is 1. The molecule has 2 heterocycles. The summed E-state index contributed by atoms with van der Waals surface area (Å²) in [5, 5.41) is 6.68. The molecule has 0 spiro atoms. The van der Waals surface area contributed by atoms with E-state index in [2.05, 4.69) is 32.0 Å². The molecule has 1 atom stereocenters. The second-order valence-corrected chi connectivity index (χ2v) is 7.76. The van der Waals surface area contributed by atoms with Gasteiger partial charge in [-0.3, -0.25) is 5.10 Å². The first-order valence-corrected chi connectivity index (χ1v) is 9.27. The van der Waals surface area contributed by atoms with E-state index in [0.29, 0.717) is 23.9 Å². The molecule has 1 unspecified atom stereocenters. The van der Waals surface area contributed by atoms with Gasteiger partial charge >= 0.3 is 0 Å². The fourth-order valence-corrected chi connectivity index (χ4v) is 4.59. The summed E-state index contributed by atoms with van der Waals surface area (Å²) in [7, 11) is -3.51. The van der Waals surface area contributed by atoms with Crippen molar-refractivity contribution in [2.24, 2.45) is 5.92 Å². The summed E-state index contributed by atoms with van der Waals surface area (Å²) in [6.07, 6.45) is 0.987. The highest BCUT2D eigenvalue weighted by molar-refractivity contribution is 7.89. The molecule has 0 amide bonds. The lowest BCUT2D eigenvalue weighted by Crippen LogP contribution is -2.31. The first kappa shape index (κ1) is 16.0. The molecule has 0 aliphatic carbocycles. The highest BCUT2D eigenvalue weighted by Crippen LogP contribution is 2.24. The van der Waals surface area contributed by atoms with Crippen LogP contribution >= 0.6 is 0 Å². The number of aryl methyl sites for hydroxylation is 2. The van der Waals surface area contributed by atoms with Crippen LogP contribution < -0.4 is 9.62 Å². The highest BCUT2D eigenvalue weighted by atomic mass is 32.2. The number of aromatic amines is 1. The molecule has 0 bridgehead atoms. The van der Waals surface area contributed by atoms with Gasteiger partial charge < -0.3 is 4.90 Å². The van der Waals surface area contributed by atoms with E-state index >= 15 is 0 Å². The summed E-state index contributed by atoms with van der Waals surface area (Å²) in [5.74, 6) is 0.317. The molecule has 23 heavy (non-hydrogen) atoms. The molecule has 0 radical (unpaired) electrons. The second kappa shape index (κ2) is 6.33. The Morgan fingerprint density at radius 3 is 2.70 bits per heavy atom. The van der Waals surface area contributed by atoms with Gasteiger partial charge in [0.05, 0.1) is 11.4 Å². The molecule has 1 aliphatic heterocycles. The molecule has 1 aromatic carbocycles. The molecular formula is C16H22N4O2S. The van der Waals surface area contributed by atoms with Crippen LogP contribution in [0.5, 0.6) is 0 Å². The number of hydrogen-bond acceptors (Lipinski definition) is 4. The molecule has 2 N–H and O–H groups in total. The Morgan fingerprint density at radius 1 is 1.30 bits per heavy atom. The molecular weight excluding hydrogens is 312 g/mol. The Bertz CT molecular complexity index is 751. The molecule has 1 aliphatic rings. The highest BCUT2D eigenvalue weighted by Gasteiger charge is 2.27. The van der Waals surface area contributed by atoms with Crippen molar-refractivity contribution >= 4 is 15.7 Å². The van der Waals surface area contributed by atoms with E-state index in [0.717, 1.165) is 19.5 Å². The minimum atomic E-state index is -3.51. The normalized spacial score (nSPS) is 18.5. The zero-order valence-electron chi connectivity index (χ0n) is 13.4. The lowest BCUT2D eigenvalue weighted by molar-refractivity contribution is 0.541. The van der Waals surface area contributed by atoms with Gasteiger partial charge in [0.25, 0.3) is 0 Å². The maximum absolute atomic E-state index is 12.5. The number of H-pyrrole nitrogens is 1. The van der Waals surface area contributed by atoms with Crippen molar-refractivity contribution in [1.82, 2.24) is 14.9 Å². The lowest BCUT2D eigenvalue weighted by Gasteiger charge is -2.18. The van der Waals surface area contributed by atoms with E-state index in [9.17, 15) is 8.42 Å². The van der Waals surface area contributed by atoms with Crippen LogP contribution in [0.4, 0.5) is 5.69 Å². The summed E-state index contributed by atoms with van der Waals surface area (Å²) in [6, 6.07) is 10.2. The summed E-state index contributed by atoms with van der Waals surface area (Å²) in [6.45, 7) is 5.71. The van der Waals surface area contributed by atoms with Crippen molar-refractivity contribution in [1.29, 1.82) is 0 Å². The number of aromatic nitrogens is 2. The third kappa shape index (κ3) is 3.40. The van der Waals surface area contributed by atoms with Crippen LogP contribution in [0.3, 0.4) is 0 Å². The van der Waals surface area contributed by atoms with E-state index in [1.807, 2.05) is 18.2 Å². The van der Waals surface area contributed by atoms with Gasteiger partial charge in [0, 0.05) is 25.3 Å². The van der Waals surface area contributed by atoms with E-state index in [1.54, 1.807) is 13.8 Å². The molecule has 3 rings (SSSR count). The SMILES string of the molecule is Cc1n[nH]c(C)c1S(=O)(=O)NCC1CCN(c2ccccc2)C1. The minimum absolute atomic E-state index is 0.274. The zero-order chi connectivity index (χ0) is 16.4. The molecule has 1 fully saturated rings. The predicted octanol–water partition coefficient (Wildman–Crippen LogP) is 1.83. The van der Waals surface area contributed by atoms with Gasteiger partial charge in [-0.2, -0.15) is 5.10 Å². The Hall–Kier alpha value is -1.86. The van der Waals surface area contributed by atoms with Gasteiger partial charge in [-0.05, 0) is 38.3 Å². The van der Waals surface area contributed by atoms with Crippen LogP contribution in [0.25, 0.3) is 0 Å². The van der Waals surface area contributed by atoms with Gasteiger partial charge in [-0.25, -0.2) is 13.1 Å². The number of nitrogens with one attached hydrogen (secondary N) is 2. The summed E-state index contributed by atoms with van der Waals surface area (Å²) in [5.41, 5.74) is 2.28. The van der Waals surface area contributed by atoms with Gasteiger partial charge in [0.15, 0.2) is 0 Å². The molecule has 6 nitrogen and oxygen atoms in total. The van der Waals surface area contributed by atoms with Gasteiger partial charge in [-0.15, -0.1) is 0 Å². The standard InChI is InChI=1S/C16H22N4O2S/c1-12-16(13(2)19-18-12)23(21,22)17-10-14-8-9-20(11-14)15-6-4-3-5-7-15/h3-7,14,17H,8-11H2,1-2H3,(H,18,19). The molecule has 7 heteroatoms. The maximum atomic E-state index is 12.5. The first-order chi connectivity index (χ1) is 11.0. The van der Waals surface area contributed by atoms with Crippen molar-refractivity contribution in [2.75, 3.05) is 24.5 Å². The zero-order valence-corrected chi connectivity index (χ0v) is 14.2. The number of hydrogen-bond donors (Lipinski definition) is 2. The number of benzene rings is 1. The molecule has 0 saturated carbocycles. The van der Waals surface area contributed by atoms with E-state index in [1.165, 1.54) is 5.69 Å². The quantitative estimate of drug-likeness (QED) is 0.874. The van der Waals surface area contributed by atoms with Crippen molar-refractivity contribution < 1.29 is 8.42 Å². The van der Waals surface area contributed by atoms with Crippen LogP contribution in [0.2, 0.25) is 0 Å². The molecule has 2 aromatic rings. The number of nitrogens with zero attached hydrogens (tertiary/aromatic N) is 2. The Kier molecular flexibility index (Phi) is 4.41. The Balaban J connectivity index is 1.61. The van der Waals surface area contributed by atoms with E-state index < -0.39 is 10.0 Å². The van der Waals surface area contributed by atoms with E-state index in [4.69, 9.17) is 0 Å². The maximum Gasteiger partial charge on any atom is 0.244 e. The summed E-state index contributed by atoms with van der Waals surface area (Å²) in [4.78, 5) is 2.57. The van der Waals surface area contributed by atoms with Gasteiger partial charge in [0.2, 0.25) is 10.0 Å². The van der Waals surface area contributed by atoms with Crippen molar-refractivity contribution in [2.45, 2.75) is 25.2 Å². The average Bonchev–Trinajstić information content (AvgIpc) is 3.13. The largest absolute Gasteiger partial charge is 0.371 e. The lowest BCUT2D eigenvalue weighted by atomic mass is 10.1. The van der Waals surface area contributed by atoms with Gasteiger partial charge in [0.1, 0.15) is 4.90 Å². The smallest absolute Gasteiger partial charge is 0.244 e. The van der Waals surface area contributed by atoms with Crippen LogP contribution in [0, 0.1) is 19.8 Å². The average molecular weight is 334 g/mol. The first-order valence-electron chi connectivity index (χ1n) is 7.78. The predicted molar refractivity (Wildman–Crippen MR) is 90.0 cm³/mol. The number of rotatable bonds is 5. The summed E-state index contributed by atoms with van der Waals surface area (Å²) >= 11 is 0. The minimum Gasteiger partial charge on any atom is -0.371 e. The van der Waals surface area contributed by atoms with Crippen LogP contribution in [0.1, 0.15) is 17.8 Å². The Morgan fingerprint density at radius 2 is 2.04 bits per heavy atom. The van der Waals surface area contributed by atoms with Crippen molar-refractivity contribution in [3.63, 3.8) is 0 Å². The van der Waals surface area contributed by atoms with E-state index in [-0.39, 0.29) is 4.90 Å². The van der Waals surface area contributed by atoms with Crippen molar-refractivity contribution in [3.05, 3.63) is 41.7 Å². The summed E-state index contributed by atoms with van der Waals surface area (Å²) < 4.78 is 27.7. The number of sulfonamides is 1. The van der Waals surface area contributed by atoms with Crippen molar-refractivity contribution in [3.8, 4) is 0 Å². The Labute approximate surface area is 137 Å². The topological polar surface area (TPSA) is 78.1 Å². The molecule has 1 saturated heterocycles. The fraction of sp³-hybridized carbons (Fsp3) is 0.438. The number of anilines is 1. The van der Waals surface area contributed by atoms with Crippen LogP contribution in [-0.2, 0) is 10.0 Å². The van der Waals surface area contributed by atoms with Crippen LogP contribution in [-0.4, -0.2) is 38.2 Å². The van der Waals surface area contributed by atoms with Gasteiger partial charge in [-0.1, -0.05) is 18.2 Å². The second-order valence-electron chi connectivity index (χ2n) is 6.05. The monoisotopic (exact) mass is 334 g/mol. The fourth-order valence-electron chi connectivity index (χ4n) is 3.11. The molecule has 1 aromatic heterocycles. The van der Waals surface area contributed by atoms with Crippen LogP contribution in [0.15, 0.2) is 35.2 Å².